The number of aromatic nitrogens is 2. The molecule has 2 aliphatic rings. The SMILES string of the molecule is CC1C=C(C(F)(F)F)C=c2[nH]c(=c3ccc(=C4CC=CC=N4)cc3F)nc21. The number of allylic oxidation sites excluding steroid dienone is 3. The Morgan fingerprint density at radius 1 is 1.22 bits per heavy atom. The Balaban J connectivity index is 1.90. The normalized spacial score (nSPS) is 22.3. The van der Waals surface area contributed by atoms with Crippen molar-refractivity contribution in [2.75, 3.05) is 0 Å². The number of dihydropyridines is 1. The topological polar surface area (TPSA) is 41.0 Å². The largest absolute Gasteiger partial charge is 0.416 e. The third kappa shape index (κ3) is 3.25. The summed E-state index contributed by atoms with van der Waals surface area (Å²) in [7, 11) is 0. The van der Waals surface area contributed by atoms with Gasteiger partial charge in [-0.2, -0.15) is 13.2 Å². The van der Waals surface area contributed by atoms with Gasteiger partial charge >= 0.3 is 6.18 Å². The van der Waals surface area contributed by atoms with E-state index in [4.69, 9.17) is 0 Å². The highest BCUT2D eigenvalue weighted by Crippen LogP contribution is 2.31. The van der Waals surface area contributed by atoms with E-state index in [1.165, 1.54) is 6.07 Å². The van der Waals surface area contributed by atoms with Crippen molar-refractivity contribution in [3.05, 3.63) is 74.8 Å². The fraction of sp³-hybridized carbons (Fsp3) is 0.200. The lowest BCUT2D eigenvalue weighted by Gasteiger charge is -2.14. The van der Waals surface area contributed by atoms with Crippen LogP contribution in [0.15, 0.2) is 47.0 Å². The van der Waals surface area contributed by atoms with Crippen LogP contribution in [0, 0.1) is 16.5 Å². The van der Waals surface area contributed by atoms with Gasteiger partial charge in [0.1, 0.15) is 11.3 Å². The minimum atomic E-state index is -4.43. The first kappa shape index (κ1) is 17.5. The number of aromatic amines is 1. The minimum absolute atomic E-state index is 0.207. The van der Waals surface area contributed by atoms with Gasteiger partial charge in [0.25, 0.3) is 0 Å². The van der Waals surface area contributed by atoms with Crippen molar-refractivity contribution in [3.8, 4) is 0 Å². The lowest BCUT2D eigenvalue weighted by Crippen LogP contribution is -2.21. The Morgan fingerprint density at radius 3 is 2.70 bits per heavy atom. The summed E-state index contributed by atoms with van der Waals surface area (Å²) in [6, 6.07) is 4.67. The molecule has 1 atom stereocenters. The van der Waals surface area contributed by atoms with Crippen molar-refractivity contribution in [2.45, 2.75) is 25.4 Å². The van der Waals surface area contributed by atoms with Crippen molar-refractivity contribution in [3.63, 3.8) is 0 Å². The monoisotopic (exact) mass is 373 g/mol. The molecule has 0 saturated carbocycles. The zero-order valence-electron chi connectivity index (χ0n) is 14.3. The molecule has 138 valence electrons. The molecule has 0 fully saturated rings. The summed E-state index contributed by atoms with van der Waals surface area (Å²) in [6.07, 6.45) is 3.71. The molecule has 27 heavy (non-hydrogen) atoms. The molecule has 0 saturated heterocycles. The number of hydrogen-bond acceptors (Lipinski definition) is 2. The van der Waals surface area contributed by atoms with Gasteiger partial charge in [-0.15, -0.1) is 0 Å². The summed E-state index contributed by atoms with van der Waals surface area (Å²) in [5.74, 6) is -1.03. The molecule has 1 aliphatic heterocycles. The van der Waals surface area contributed by atoms with Crippen LogP contribution in [0.1, 0.15) is 25.0 Å². The molecule has 1 unspecified atom stereocenters. The van der Waals surface area contributed by atoms with E-state index in [-0.39, 0.29) is 16.0 Å². The molecule has 0 amide bonds. The second-order valence-electron chi connectivity index (χ2n) is 6.49. The highest BCUT2D eigenvalue weighted by molar-refractivity contribution is 5.78. The standard InChI is InChI=1S/C20H15F4N3/c1-11-8-13(20(22,23)24)10-17-18(11)27-19(26-17)14-6-5-12(9-15(14)21)16-4-2-3-7-25-16/h2-3,5-11,26H,4H2,1H3. The molecule has 1 N–H and O–H groups in total. The summed E-state index contributed by atoms with van der Waals surface area (Å²) in [5, 5.41) is 1.12. The van der Waals surface area contributed by atoms with Gasteiger partial charge in [-0.05, 0) is 29.5 Å². The molecular weight excluding hydrogens is 358 g/mol. The molecular formula is C20H15F4N3. The van der Waals surface area contributed by atoms with Gasteiger partial charge in [0, 0.05) is 18.6 Å². The summed E-state index contributed by atoms with van der Waals surface area (Å²) in [5.41, 5.74) is 0.703. The molecule has 3 nitrogen and oxygen atoms in total. The summed E-state index contributed by atoms with van der Waals surface area (Å²) < 4.78 is 53.7. The molecule has 1 aromatic heterocycles. The maximum atomic E-state index is 14.7. The number of H-pyrrole nitrogens is 1. The third-order valence-electron chi connectivity index (χ3n) is 4.57. The molecule has 0 radical (unpaired) electrons. The molecule has 1 aromatic carbocycles. The average molecular weight is 373 g/mol. The highest BCUT2D eigenvalue weighted by atomic mass is 19.4. The van der Waals surface area contributed by atoms with Gasteiger partial charge in [-0.25, -0.2) is 9.37 Å². The van der Waals surface area contributed by atoms with E-state index < -0.39 is 23.5 Å². The summed E-state index contributed by atoms with van der Waals surface area (Å²) in [4.78, 5) is 11.4. The molecule has 4 rings (SSSR count). The number of aliphatic imine (C=N–C) groups is 1. The van der Waals surface area contributed by atoms with E-state index in [0.717, 1.165) is 17.8 Å². The van der Waals surface area contributed by atoms with Crippen molar-refractivity contribution >= 4 is 18.0 Å². The number of hydrogen-bond donors (Lipinski definition) is 1. The molecule has 7 heteroatoms. The first-order valence-corrected chi connectivity index (χ1v) is 8.42. The van der Waals surface area contributed by atoms with E-state index in [9.17, 15) is 17.6 Å². The molecule has 0 bridgehead atoms. The first-order valence-electron chi connectivity index (χ1n) is 8.42. The fourth-order valence-electron chi connectivity index (χ4n) is 3.22. The van der Waals surface area contributed by atoms with Gasteiger partial charge in [0.2, 0.25) is 0 Å². The zero-order chi connectivity index (χ0) is 19.2. The lowest BCUT2D eigenvalue weighted by molar-refractivity contribution is -0.0870. The second-order valence-corrected chi connectivity index (χ2v) is 6.49. The maximum Gasteiger partial charge on any atom is 0.416 e. The maximum absolute atomic E-state index is 14.7. The summed E-state index contributed by atoms with van der Waals surface area (Å²) in [6.45, 7) is 1.63. The van der Waals surface area contributed by atoms with Crippen LogP contribution in [0.4, 0.5) is 17.6 Å². The number of fused-ring (bicyclic) bond motifs is 1. The Labute approximate surface area is 151 Å². The number of nitrogens with zero attached hydrogens (tertiary/aromatic N) is 2. The van der Waals surface area contributed by atoms with Crippen LogP contribution in [-0.4, -0.2) is 22.4 Å². The van der Waals surface area contributed by atoms with Crippen LogP contribution in [0.25, 0.3) is 11.8 Å². The molecule has 1 aliphatic carbocycles. The van der Waals surface area contributed by atoms with E-state index in [1.807, 2.05) is 12.2 Å². The Kier molecular flexibility index (Phi) is 4.09. The van der Waals surface area contributed by atoms with Gasteiger partial charge in [-0.3, -0.25) is 4.99 Å². The van der Waals surface area contributed by atoms with Crippen LogP contribution in [0.2, 0.25) is 0 Å². The van der Waals surface area contributed by atoms with E-state index in [1.54, 1.807) is 25.3 Å². The molecule has 2 heterocycles. The first-order chi connectivity index (χ1) is 12.8. The van der Waals surface area contributed by atoms with E-state index in [0.29, 0.717) is 17.3 Å². The number of alkyl halides is 3. The predicted octanol–water partition coefficient (Wildman–Crippen LogP) is 3.36. The number of halogens is 4. The average Bonchev–Trinajstić information content (AvgIpc) is 3.06. The lowest BCUT2D eigenvalue weighted by atomic mass is 9.98. The van der Waals surface area contributed by atoms with Gasteiger partial charge in [0.15, 0.2) is 0 Å². The number of rotatable bonds is 0. The zero-order valence-corrected chi connectivity index (χ0v) is 14.3. The van der Waals surface area contributed by atoms with Gasteiger partial charge < -0.3 is 4.98 Å². The number of nitrogens with one attached hydrogen (secondary N) is 1. The third-order valence-corrected chi connectivity index (χ3v) is 4.57. The van der Waals surface area contributed by atoms with Gasteiger partial charge in [0.05, 0.1) is 27.5 Å². The van der Waals surface area contributed by atoms with E-state index in [2.05, 4.69) is 15.0 Å². The number of imidazole rings is 1. The van der Waals surface area contributed by atoms with Gasteiger partial charge in [-0.1, -0.05) is 25.1 Å². The van der Waals surface area contributed by atoms with Crippen LogP contribution in [-0.2, 0) is 0 Å². The van der Waals surface area contributed by atoms with Crippen LogP contribution < -0.4 is 10.6 Å². The summed E-state index contributed by atoms with van der Waals surface area (Å²) >= 11 is 0. The predicted molar refractivity (Wildman–Crippen MR) is 94.6 cm³/mol. The van der Waals surface area contributed by atoms with Crippen molar-refractivity contribution in [1.82, 2.24) is 9.97 Å². The van der Waals surface area contributed by atoms with Crippen molar-refractivity contribution < 1.29 is 17.6 Å². The Morgan fingerprint density at radius 2 is 2.04 bits per heavy atom. The Bertz CT molecular complexity index is 1210. The van der Waals surface area contributed by atoms with Crippen molar-refractivity contribution in [1.29, 1.82) is 0 Å². The second kappa shape index (κ2) is 6.33. The smallest absolute Gasteiger partial charge is 0.338 e. The quantitative estimate of drug-likeness (QED) is 0.707. The van der Waals surface area contributed by atoms with Crippen LogP contribution in [0.3, 0.4) is 0 Å². The minimum Gasteiger partial charge on any atom is -0.338 e. The van der Waals surface area contributed by atoms with Crippen LogP contribution in [0.5, 0.6) is 0 Å². The molecule has 0 spiro atoms. The fourth-order valence-corrected chi connectivity index (χ4v) is 3.22. The van der Waals surface area contributed by atoms with Crippen LogP contribution >= 0.6 is 0 Å². The highest BCUT2D eigenvalue weighted by Gasteiger charge is 2.34. The van der Waals surface area contributed by atoms with Crippen molar-refractivity contribution in [2.24, 2.45) is 4.99 Å². The van der Waals surface area contributed by atoms with E-state index >= 15 is 0 Å². The molecule has 2 aromatic rings. The Hall–Kier alpha value is -2.96. The number of benzene rings is 1.